The third kappa shape index (κ3) is 2.33. The molecule has 1 aliphatic rings. The maximum absolute atomic E-state index is 5.36. The van der Waals surface area contributed by atoms with E-state index in [2.05, 4.69) is 22.0 Å². The number of ether oxygens (including phenoxy) is 1. The van der Waals surface area contributed by atoms with Gasteiger partial charge in [-0.25, -0.2) is 4.98 Å². The molecule has 2 heterocycles. The quantitative estimate of drug-likeness (QED) is 0.814. The van der Waals surface area contributed by atoms with Crippen molar-refractivity contribution < 1.29 is 4.74 Å². The molecule has 0 amide bonds. The number of aromatic nitrogens is 1. The summed E-state index contributed by atoms with van der Waals surface area (Å²) in [6.07, 6.45) is 1.97. The number of nitrogens with zero attached hydrogens (tertiary/aromatic N) is 2. The Bertz CT molecular complexity index is 477. The summed E-state index contributed by atoms with van der Waals surface area (Å²) in [6, 6.07) is 10.3. The van der Waals surface area contributed by atoms with Gasteiger partial charge < -0.3 is 9.64 Å². The molecule has 0 N–H and O–H groups in total. The van der Waals surface area contributed by atoms with Gasteiger partial charge in [0.25, 0.3) is 0 Å². The molecule has 3 rings (SSSR count). The van der Waals surface area contributed by atoms with Crippen molar-refractivity contribution in [3.63, 3.8) is 0 Å². The van der Waals surface area contributed by atoms with Crippen LogP contribution in [0.3, 0.4) is 0 Å². The second-order valence-electron chi connectivity index (χ2n) is 3.97. The minimum Gasteiger partial charge on any atom is -0.378 e. The van der Waals surface area contributed by atoms with Gasteiger partial charge in [0.2, 0.25) is 0 Å². The van der Waals surface area contributed by atoms with Crippen LogP contribution < -0.4 is 4.90 Å². The number of hydrogen-bond donors (Lipinski definition) is 0. The third-order valence-corrected chi connectivity index (χ3v) is 3.94. The van der Waals surface area contributed by atoms with E-state index in [1.165, 1.54) is 10.6 Å². The summed E-state index contributed by atoms with van der Waals surface area (Å²) < 4.78 is 5.36. The molecular formula is C13H14N2OS. The van der Waals surface area contributed by atoms with E-state index in [0.29, 0.717) is 0 Å². The smallest absolute Gasteiger partial charge is 0.125 e. The van der Waals surface area contributed by atoms with E-state index >= 15 is 0 Å². The van der Waals surface area contributed by atoms with Crippen molar-refractivity contribution in [1.82, 2.24) is 4.98 Å². The van der Waals surface area contributed by atoms with Crippen LogP contribution in [0.4, 0.5) is 5.00 Å². The highest BCUT2D eigenvalue weighted by molar-refractivity contribution is 7.18. The Kier molecular flexibility index (Phi) is 3.07. The van der Waals surface area contributed by atoms with E-state index in [9.17, 15) is 0 Å². The molecule has 1 fully saturated rings. The summed E-state index contributed by atoms with van der Waals surface area (Å²) in [5.41, 5.74) is 1.19. The van der Waals surface area contributed by atoms with Crippen molar-refractivity contribution in [2.45, 2.75) is 0 Å². The van der Waals surface area contributed by atoms with E-state index in [1.807, 2.05) is 24.4 Å². The number of rotatable bonds is 2. The Morgan fingerprint density at radius 3 is 2.65 bits per heavy atom. The van der Waals surface area contributed by atoms with Crippen molar-refractivity contribution >= 4 is 16.3 Å². The van der Waals surface area contributed by atoms with Crippen LogP contribution in [0.1, 0.15) is 0 Å². The Balaban J connectivity index is 1.83. The molecule has 1 aromatic carbocycles. The number of hydrogen-bond acceptors (Lipinski definition) is 4. The second kappa shape index (κ2) is 4.85. The third-order valence-electron chi connectivity index (χ3n) is 2.84. The van der Waals surface area contributed by atoms with Crippen LogP contribution in [0.15, 0.2) is 36.5 Å². The van der Waals surface area contributed by atoms with Crippen molar-refractivity contribution in [2.24, 2.45) is 0 Å². The molecule has 0 spiro atoms. The maximum Gasteiger partial charge on any atom is 0.125 e. The molecule has 0 saturated carbocycles. The minimum atomic E-state index is 0.818. The van der Waals surface area contributed by atoms with Crippen LogP contribution in [0.25, 0.3) is 10.6 Å². The summed E-state index contributed by atoms with van der Waals surface area (Å²) >= 11 is 1.75. The average Bonchev–Trinajstić information content (AvgIpc) is 2.90. The minimum absolute atomic E-state index is 0.818. The first kappa shape index (κ1) is 10.7. The standard InChI is InChI=1S/C13H14N2OS/c1-2-4-11(5-3-1)13-14-10-12(17-13)15-6-8-16-9-7-15/h1-5,10H,6-9H2. The van der Waals surface area contributed by atoms with Gasteiger partial charge in [-0.15, -0.1) is 0 Å². The zero-order valence-corrected chi connectivity index (χ0v) is 10.3. The van der Waals surface area contributed by atoms with Gasteiger partial charge in [-0.1, -0.05) is 41.7 Å². The van der Waals surface area contributed by atoms with Crippen molar-refractivity contribution in [3.05, 3.63) is 36.5 Å². The highest BCUT2D eigenvalue weighted by Gasteiger charge is 2.14. The van der Waals surface area contributed by atoms with E-state index in [0.717, 1.165) is 31.3 Å². The summed E-state index contributed by atoms with van der Waals surface area (Å²) in [4.78, 5) is 6.84. The number of thiazole rings is 1. The van der Waals surface area contributed by atoms with Crippen molar-refractivity contribution in [1.29, 1.82) is 0 Å². The Morgan fingerprint density at radius 1 is 1.12 bits per heavy atom. The van der Waals surface area contributed by atoms with Crippen LogP contribution >= 0.6 is 11.3 Å². The molecule has 0 radical (unpaired) electrons. The van der Waals surface area contributed by atoms with Crippen LogP contribution in [0, 0.1) is 0 Å². The zero-order chi connectivity index (χ0) is 11.5. The fourth-order valence-electron chi connectivity index (χ4n) is 1.91. The van der Waals surface area contributed by atoms with E-state index in [1.54, 1.807) is 11.3 Å². The van der Waals surface area contributed by atoms with Crippen LogP contribution in [-0.2, 0) is 4.74 Å². The summed E-state index contributed by atoms with van der Waals surface area (Å²) in [5, 5.41) is 2.33. The molecule has 1 saturated heterocycles. The molecule has 1 aromatic heterocycles. The van der Waals surface area contributed by atoms with Crippen molar-refractivity contribution in [3.8, 4) is 10.6 Å². The molecule has 88 valence electrons. The van der Waals surface area contributed by atoms with E-state index < -0.39 is 0 Å². The Labute approximate surface area is 105 Å². The van der Waals surface area contributed by atoms with Crippen molar-refractivity contribution in [2.75, 3.05) is 31.2 Å². The lowest BCUT2D eigenvalue weighted by molar-refractivity contribution is 0.123. The molecule has 0 bridgehead atoms. The van der Waals surface area contributed by atoms with Crippen LogP contribution in [0.5, 0.6) is 0 Å². The summed E-state index contributed by atoms with van der Waals surface area (Å²) in [7, 11) is 0. The van der Waals surface area contributed by atoms with Crippen LogP contribution in [-0.4, -0.2) is 31.3 Å². The Morgan fingerprint density at radius 2 is 1.88 bits per heavy atom. The number of anilines is 1. The molecule has 0 atom stereocenters. The molecule has 2 aromatic rings. The SMILES string of the molecule is c1ccc(-c2ncc(N3CCOCC3)s2)cc1. The molecule has 4 heteroatoms. The first-order valence-electron chi connectivity index (χ1n) is 5.77. The average molecular weight is 246 g/mol. The van der Waals surface area contributed by atoms with Gasteiger partial charge in [-0.2, -0.15) is 0 Å². The van der Waals surface area contributed by atoms with E-state index in [-0.39, 0.29) is 0 Å². The maximum atomic E-state index is 5.36. The normalized spacial score (nSPS) is 16.1. The lowest BCUT2D eigenvalue weighted by atomic mass is 10.2. The number of benzene rings is 1. The van der Waals surface area contributed by atoms with Gasteiger partial charge in [-0.05, 0) is 0 Å². The predicted molar refractivity (Wildman–Crippen MR) is 70.6 cm³/mol. The molecule has 17 heavy (non-hydrogen) atoms. The van der Waals surface area contributed by atoms with Gasteiger partial charge in [-0.3, -0.25) is 0 Å². The van der Waals surface area contributed by atoms with E-state index in [4.69, 9.17) is 4.74 Å². The summed E-state index contributed by atoms with van der Waals surface area (Å²) in [6.45, 7) is 3.57. The molecule has 0 aliphatic carbocycles. The van der Waals surface area contributed by atoms with Gasteiger partial charge in [0.05, 0.1) is 19.4 Å². The lowest BCUT2D eigenvalue weighted by Crippen LogP contribution is -2.35. The predicted octanol–water partition coefficient (Wildman–Crippen LogP) is 2.65. The van der Waals surface area contributed by atoms with Gasteiger partial charge in [0.15, 0.2) is 0 Å². The first-order chi connectivity index (χ1) is 8.43. The molecule has 3 nitrogen and oxygen atoms in total. The lowest BCUT2D eigenvalue weighted by Gasteiger charge is -2.26. The summed E-state index contributed by atoms with van der Waals surface area (Å²) in [5.74, 6) is 0. The Hall–Kier alpha value is -1.39. The van der Waals surface area contributed by atoms with Crippen LogP contribution in [0.2, 0.25) is 0 Å². The van der Waals surface area contributed by atoms with Gasteiger partial charge in [0.1, 0.15) is 10.0 Å². The largest absolute Gasteiger partial charge is 0.378 e. The topological polar surface area (TPSA) is 25.4 Å². The number of morpholine rings is 1. The first-order valence-corrected chi connectivity index (χ1v) is 6.59. The van der Waals surface area contributed by atoms with Gasteiger partial charge in [0, 0.05) is 18.7 Å². The fourth-order valence-corrected chi connectivity index (χ4v) is 2.88. The zero-order valence-electron chi connectivity index (χ0n) is 9.50. The highest BCUT2D eigenvalue weighted by Crippen LogP contribution is 2.30. The molecule has 0 unspecified atom stereocenters. The monoisotopic (exact) mass is 246 g/mol. The fraction of sp³-hybridized carbons (Fsp3) is 0.308. The molecule has 1 aliphatic heterocycles. The highest BCUT2D eigenvalue weighted by atomic mass is 32.1. The molecular weight excluding hydrogens is 232 g/mol. The van der Waals surface area contributed by atoms with Gasteiger partial charge >= 0.3 is 0 Å². The second-order valence-corrected chi connectivity index (χ2v) is 4.98.